The third kappa shape index (κ3) is 7.32. The normalized spacial score (nSPS) is 9.57. The van der Waals surface area contributed by atoms with Gasteiger partial charge in [0, 0.05) is 6.20 Å². The molecule has 0 atom stereocenters. The maximum Gasteiger partial charge on any atom is 0.303 e. The van der Waals surface area contributed by atoms with Crippen molar-refractivity contribution in [2.45, 2.75) is 19.3 Å². The summed E-state index contributed by atoms with van der Waals surface area (Å²) < 4.78 is 1.62. The quantitative estimate of drug-likeness (QED) is 0.649. The van der Waals surface area contributed by atoms with Crippen LogP contribution in [0.15, 0.2) is 30.7 Å². The molecule has 4 N–H and O–H groups in total. The summed E-state index contributed by atoms with van der Waals surface area (Å²) in [5.41, 5.74) is 6.49. The van der Waals surface area contributed by atoms with Crippen molar-refractivity contribution in [3.05, 3.63) is 36.4 Å². The molecule has 2 rings (SSSR count). The molecule has 0 saturated heterocycles. The molecule has 10 nitrogen and oxygen atoms in total. The second kappa shape index (κ2) is 8.87. The molecule has 0 radical (unpaired) electrons. The van der Waals surface area contributed by atoms with Gasteiger partial charge in [-0.05, 0) is 12.1 Å². The lowest BCUT2D eigenvalue weighted by molar-refractivity contribution is -0.143. The number of primary amides is 1. The molecule has 0 spiro atoms. The molecule has 0 fully saturated rings. The van der Waals surface area contributed by atoms with Gasteiger partial charge in [0.2, 0.25) is 5.91 Å². The van der Waals surface area contributed by atoms with Crippen LogP contribution in [-0.2, 0) is 20.8 Å². The lowest BCUT2D eigenvalue weighted by Crippen LogP contribution is -2.14. The standard InChI is InChI=1S/C9H9N5O.C4H6O4/c10-9(15)5-7-2-4-14(13-7)8-1-3-11-12-6-8;5-3(6)1-2-4(7)8/h1-4,6H,5H2,(H2,10,15);1-2H2,(H,5,6)(H,7,8). The SMILES string of the molecule is NC(=O)Cc1ccn(-c2ccnnc2)n1.O=C(O)CCC(=O)O. The van der Waals surface area contributed by atoms with Crippen LogP contribution in [0.1, 0.15) is 18.5 Å². The van der Waals surface area contributed by atoms with Crippen molar-refractivity contribution in [2.24, 2.45) is 5.73 Å². The Morgan fingerprint density at radius 2 is 1.74 bits per heavy atom. The van der Waals surface area contributed by atoms with Crippen molar-refractivity contribution in [1.82, 2.24) is 20.0 Å². The predicted octanol–water partition coefficient (Wildman–Crippen LogP) is -0.374. The van der Waals surface area contributed by atoms with Crippen molar-refractivity contribution in [2.75, 3.05) is 0 Å². The molecular weight excluding hydrogens is 306 g/mol. The molecular formula is C13H15N5O5. The Labute approximate surface area is 130 Å². The number of carboxylic acids is 2. The molecule has 23 heavy (non-hydrogen) atoms. The van der Waals surface area contributed by atoms with Crippen LogP contribution >= 0.6 is 0 Å². The Kier molecular flexibility index (Phi) is 6.85. The van der Waals surface area contributed by atoms with Gasteiger partial charge in [-0.25, -0.2) is 4.68 Å². The molecule has 2 aromatic heterocycles. The molecule has 2 heterocycles. The van der Waals surface area contributed by atoms with Crippen LogP contribution in [0.4, 0.5) is 0 Å². The molecule has 0 aliphatic carbocycles. The van der Waals surface area contributed by atoms with Gasteiger partial charge in [0.05, 0.1) is 43.0 Å². The number of rotatable bonds is 6. The molecule has 1 amide bonds. The Morgan fingerprint density at radius 3 is 2.22 bits per heavy atom. The van der Waals surface area contributed by atoms with Crippen LogP contribution in [0.3, 0.4) is 0 Å². The van der Waals surface area contributed by atoms with E-state index in [1.807, 2.05) is 0 Å². The predicted molar refractivity (Wildman–Crippen MR) is 76.6 cm³/mol. The van der Waals surface area contributed by atoms with Crippen molar-refractivity contribution >= 4 is 17.8 Å². The first-order chi connectivity index (χ1) is 10.9. The molecule has 0 bridgehead atoms. The first kappa shape index (κ1) is 17.8. The number of hydrogen-bond acceptors (Lipinski definition) is 6. The average molecular weight is 321 g/mol. The van der Waals surface area contributed by atoms with Gasteiger partial charge in [0.1, 0.15) is 0 Å². The maximum atomic E-state index is 10.7. The van der Waals surface area contributed by atoms with Crippen LogP contribution in [0, 0.1) is 0 Å². The lowest BCUT2D eigenvalue weighted by atomic mass is 10.3. The Hall–Kier alpha value is -3.30. The van der Waals surface area contributed by atoms with Gasteiger partial charge in [-0.3, -0.25) is 14.4 Å². The van der Waals surface area contributed by atoms with Crippen LogP contribution < -0.4 is 5.73 Å². The van der Waals surface area contributed by atoms with Gasteiger partial charge in [-0.1, -0.05) is 0 Å². The average Bonchev–Trinajstić information content (AvgIpc) is 2.94. The van der Waals surface area contributed by atoms with Crippen molar-refractivity contribution in [3.8, 4) is 5.69 Å². The molecule has 2 aromatic rings. The topological polar surface area (TPSA) is 161 Å². The summed E-state index contributed by atoms with van der Waals surface area (Å²) in [6, 6.07) is 3.51. The number of carboxylic acid groups (broad SMARTS) is 2. The fourth-order valence-electron chi connectivity index (χ4n) is 1.41. The number of nitrogens with zero attached hydrogens (tertiary/aromatic N) is 4. The highest BCUT2D eigenvalue weighted by Crippen LogP contribution is 2.04. The maximum absolute atomic E-state index is 10.7. The molecule has 0 saturated carbocycles. The zero-order valence-corrected chi connectivity index (χ0v) is 12.0. The van der Waals surface area contributed by atoms with E-state index in [-0.39, 0.29) is 19.3 Å². The van der Waals surface area contributed by atoms with Crippen LogP contribution in [0.25, 0.3) is 5.69 Å². The monoisotopic (exact) mass is 321 g/mol. The van der Waals surface area contributed by atoms with Crippen LogP contribution in [0.2, 0.25) is 0 Å². The van der Waals surface area contributed by atoms with Gasteiger partial charge < -0.3 is 15.9 Å². The van der Waals surface area contributed by atoms with Crippen molar-refractivity contribution in [3.63, 3.8) is 0 Å². The van der Waals surface area contributed by atoms with Gasteiger partial charge in [0.15, 0.2) is 0 Å². The van der Waals surface area contributed by atoms with E-state index < -0.39 is 17.8 Å². The Balaban J connectivity index is 0.000000284. The van der Waals surface area contributed by atoms with Gasteiger partial charge >= 0.3 is 11.9 Å². The number of hydrogen-bond donors (Lipinski definition) is 3. The summed E-state index contributed by atoms with van der Waals surface area (Å²) in [4.78, 5) is 29.9. The minimum atomic E-state index is -1.08. The number of nitrogens with two attached hydrogens (primary N) is 1. The van der Waals surface area contributed by atoms with E-state index in [2.05, 4.69) is 15.3 Å². The number of aliphatic carboxylic acids is 2. The third-order valence-electron chi connectivity index (χ3n) is 2.39. The van der Waals surface area contributed by atoms with Gasteiger partial charge in [0.25, 0.3) is 0 Å². The number of aromatic nitrogens is 4. The van der Waals surface area contributed by atoms with E-state index in [4.69, 9.17) is 15.9 Å². The Bertz CT molecular complexity index is 656. The molecule has 0 unspecified atom stereocenters. The molecule has 0 aromatic carbocycles. The molecule has 0 aliphatic rings. The number of carbonyl (C=O) groups excluding carboxylic acids is 1. The van der Waals surface area contributed by atoms with E-state index >= 15 is 0 Å². The van der Waals surface area contributed by atoms with Gasteiger partial charge in [-0.15, -0.1) is 0 Å². The van der Waals surface area contributed by atoms with Crippen LogP contribution in [0.5, 0.6) is 0 Å². The highest BCUT2D eigenvalue weighted by atomic mass is 16.4. The molecule has 0 aliphatic heterocycles. The highest BCUT2D eigenvalue weighted by Gasteiger charge is 2.03. The first-order valence-electron chi connectivity index (χ1n) is 6.42. The Morgan fingerprint density at radius 1 is 1.09 bits per heavy atom. The summed E-state index contributed by atoms with van der Waals surface area (Å²) in [7, 11) is 0. The third-order valence-corrected chi connectivity index (χ3v) is 2.39. The second-order valence-corrected chi connectivity index (χ2v) is 4.28. The number of amides is 1. The van der Waals surface area contributed by atoms with E-state index in [0.717, 1.165) is 5.69 Å². The fourth-order valence-corrected chi connectivity index (χ4v) is 1.41. The van der Waals surface area contributed by atoms with E-state index in [1.54, 1.807) is 35.4 Å². The molecule has 10 heteroatoms. The summed E-state index contributed by atoms with van der Waals surface area (Å²) in [6.07, 6.45) is 4.46. The first-order valence-corrected chi connectivity index (χ1v) is 6.42. The zero-order chi connectivity index (χ0) is 17.2. The van der Waals surface area contributed by atoms with E-state index in [9.17, 15) is 14.4 Å². The minimum Gasteiger partial charge on any atom is -0.481 e. The minimum absolute atomic E-state index is 0.144. The second-order valence-electron chi connectivity index (χ2n) is 4.28. The van der Waals surface area contributed by atoms with Crippen molar-refractivity contribution < 1.29 is 24.6 Å². The summed E-state index contributed by atoms with van der Waals surface area (Å²) in [5, 5.41) is 27.4. The smallest absolute Gasteiger partial charge is 0.303 e. The van der Waals surface area contributed by atoms with Crippen LogP contribution in [-0.4, -0.2) is 48.0 Å². The highest BCUT2D eigenvalue weighted by molar-refractivity contribution is 5.76. The molecule has 122 valence electrons. The summed E-state index contributed by atoms with van der Waals surface area (Å²) in [5.74, 6) is -2.55. The lowest BCUT2D eigenvalue weighted by Gasteiger charge is -1.97. The number of carbonyl (C=O) groups is 3. The van der Waals surface area contributed by atoms with E-state index in [1.165, 1.54) is 0 Å². The van der Waals surface area contributed by atoms with E-state index in [0.29, 0.717) is 5.69 Å². The van der Waals surface area contributed by atoms with Crippen molar-refractivity contribution in [1.29, 1.82) is 0 Å². The summed E-state index contributed by atoms with van der Waals surface area (Å²) in [6.45, 7) is 0. The zero-order valence-electron chi connectivity index (χ0n) is 12.0. The summed E-state index contributed by atoms with van der Waals surface area (Å²) >= 11 is 0. The fraction of sp³-hybridized carbons (Fsp3) is 0.231. The van der Waals surface area contributed by atoms with Gasteiger partial charge in [-0.2, -0.15) is 15.3 Å². The largest absolute Gasteiger partial charge is 0.481 e.